The normalized spacial score (nSPS) is 32.5. The number of hydrogen-bond acceptors (Lipinski definition) is 12. The number of Topliss-reactive ketones (excluding diaryl/α,β-unsaturated/α-hetero) is 1. The topological polar surface area (TPSA) is 161 Å². The molecule has 1 aliphatic heterocycles. The predicted molar refractivity (Wildman–Crippen MR) is 110 cm³/mol. The molecule has 2 aliphatic rings. The SMILES string of the molecule is CC(=O)OC[C@H]1O[C@@H](O[C@H](Br)[C@]2(O)CCCC2=O)[C@H](OC(C)=O)[C@@H](OC(C)=O)[C@@H]1OC(C)=O. The molecule has 1 saturated carbocycles. The van der Waals surface area contributed by atoms with E-state index >= 15 is 0 Å². The minimum atomic E-state index is -1.86. The average molecular weight is 539 g/mol. The molecule has 0 aromatic rings. The van der Waals surface area contributed by atoms with E-state index in [2.05, 4.69) is 15.9 Å². The van der Waals surface area contributed by atoms with Crippen LogP contribution in [0.5, 0.6) is 0 Å². The van der Waals surface area contributed by atoms with Gasteiger partial charge in [0.15, 0.2) is 34.7 Å². The van der Waals surface area contributed by atoms with Crippen molar-refractivity contribution in [2.45, 2.75) is 88.3 Å². The standard InChI is InChI=1S/C20H27BrO12/c1-9(22)28-8-13-15(29-10(2)23)16(30-11(3)24)17(31-12(4)25)18(32-13)33-19(21)20(27)7-5-6-14(20)26/h13,15-19,27H,5-8H2,1-4H3/t13-,15-,16+,17-,18+,19+,20+/m1/s1. The van der Waals surface area contributed by atoms with E-state index in [1.165, 1.54) is 0 Å². The van der Waals surface area contributed by atoms with Crippen molar-refractivity contribution in [2.75, 3.05) is 6.61 Å². The second kappa shape index (κ2) is 11.4. The molecule has 7 atom stereocenters. The molecule has 0 bridgehead atoms. The van der Waals surface area contributed by atoms with Gasteiger partial charge in [0.1, 0.15) is 12.7 Å². The van der Waals surface area contributed by atoms with Gasteiger partial charge in [-0.2, -0.15) is 0 Å². The molecule has 13 heteroatoms. The molecule has 1 N–H and O–H groups in total. The Kier molecular flexibility index (Phi) is 9.35. The Morgan fingerprint density at radius 1 is 1.00 bits per heavy atom. The molecule has 1 aliphatic carbocycles. The Balaban J connectivity index is 2.42. The number of halogens is 1. The van der Waals surface area contributed by atoms with Gasteiger partial charge in [-0.05, 0) is 12.8 Å². The monoisotopic (exact) mass is 538 g/mol. The fourth-order valence-corrected chi connectivity index (χ4v) is 4.34. The van der Waals surface area contributed by atoms with Crippen LogP contribution < -0.4 is 0 Å². The Bertz CT molecular complexity index is 785. The lowest BCUT2D eigenvalue weighted by molar-refractivity contribution is -0.316. The third-order valence-electron chi connectivity index (χ3n) is 5.02. The van der Waals surface area contributed by atoms with Crippen LogP contribution >= 0.6 is 15.9 Å². The highest BCUT2D eigenvalue weighted by atomic mass is 79.9. The van der Waals surface area contributed by atoms with Gasteiger partial charge in [0.05, 0.1) is 0 Å². The second-order valence-electron chi connectivity index (χ2n) is 7.72. The molecular formula is C20H27BrO12. The summed E-state index contributed by atoms with van der Waals surface area (Å²) in [6.45, 7) is 4.02. The van der Waals surface area contributed by atoms with Gasteiger partial charge >= 0.3 is 23.9 Å². The van der Waals surface area contributed by atoms with Gasteiger partial charge in [0.2, 0.25) is 6.29 Å². The van der Waals surface area contributed by atoms with E-state index in [1.807, 2.05) is 0 Å². The number of alkyl halides is 1. The minimum absolute atomic E-state index is 0.118. The van der Waals surface area contributed by atoms with Crippen molar-refractivity contribution in [3.8, 4) is 0 Å². The molecule has 186 valence electrons. The van der Waals surface area contributed by atoms with E-state index in [0.29, 0.717) is 6.42 Å². The van der Waals surface area contributed by atoms with Gasteiger partial charge in [-0.3, -0.25) is 24.0 Å². The van der Waals surface area contributed by atoms with Gasteiger partial charge in [-0.25, -0.2) is 0 Å². The molecule has 2 rings (SSSR count). The smallest absolute Gasteiger partial charge is 0.303 e. The maximum absolute atomic E-state index is 12.2. The summed E-state index contributed by atoms with van der Waals surface area (Å²) in [5.41, 5.74) is -1.86. The Hall–Kier alpha value is -2.09. The molecule has 0 aromatic heterocycles. The first-order chi connectivity index (χ1) is 15.3. The van der Waals surface area contributed by atoms with Crippen LogP contribution in [-0.4, -0.2) is 82.7 Å². The Morgan fingerprint density at radius 3 is 2.03 bits per heavy atom. The number of rotatable bonds is 8. The van der Waals surface area contributed by atoms with E-state index in [9.17, 15) is 29.1 Å². The van der Waals surface area contributed by atoms with Crippen LogP contribution in [-0.2, 0) is 52.4 Å². The fraction of sp³-hybridized carbons (Fsp3) is 0.750. The number of aliphatic hydroxyl groups is 1. The Labute approximate surface area is 198 Å². The highest BCUT2D eigenvalue weighted by molar-refractivity contribution is 9.09. The lowest BCUT2D eigenvalue weighted by Gasteiger charge is -2.45. The molecule has 1 saturated heterocycles. The third kappa shape index (κ3) is 6.95. The van der Waals surface area contributed by atoms with E-state index in [1.54, 1.807) is 0 Å². The zero-order chi connectivity index (χ0) is 24.9. The molecule has 2 fully saturated rings. The summed E-state index contributed by atoms with van der Waals surface area (Å²) in [5, 5.41) is 9.47. The van der Waals surface area contributed by atoms with Crippen LogP contribution in [0.2, 0.25) is 0 Å². The van der Waals surface area contributed by atoms with E-state index < -0.39 is 77.6 Å². The van der Waals surface area contributed by atoms with Crippen molar-refractivity contribution in [3.63, 3.8) is 0 Å². The van der Waals surface area contributed by atoms with Crippen LogP contribution in [0, 0.1) is 0 Å². The van der Waals surface area contributed by atoms with Crippen molar-refractivity contribution in [1.29, 1.82) is 0 Å². The third-order valence-corrected chi connectivity index (χ3v) is 6.00. The number of ether oxygens (including phenoxy) is 6. The minimum Gasteiger partial charge on any atom is -0.463 e. The van der Waals surface area contributed by atoms with E-state index in [-0.39, 0.29) is 12.8 Å². The molecule has 33 heavy (non-hydrogen) atoms. The van der Waals surface area contributed by atoms with Crippen LogP contribution in [0.4, 0.5) is 0 Å². The van der Waals surface area contributed by atoms with E-state index in [4.69, 9.17) is 28.4 Å². The van der Waals surface area contributed by atoms with E-state index in [0.717, 1.165) is 27.7 Å². The molecule has 12 nitrogen and oxygen atoms in total. The van der Waals surface area contributed by atoms with Crippen molar-refractivity contribution in [3.05, 3.63) is 0 Å². The van der Waals surface area contributed by atoms with Gasteiger partial charge < -0.3 is 33.5 Å². The number of carbonyl (C=O) groups excluding carboxylic acids is 5. The van der Waals surface area contributed by atoms with Gasteiger partial charge in [-0.15, -0.1) is 0 Å². The molecule has 0 aromatic carbocycles. The lowest BCUT2D eigenvalue weighted by atomic mass is 9.97. The summed E-state index contributed by atoms with van der Waals surface area (Å²) in [6.07, 6.45) is -6.19. The first kappa shape index (κ1) is 27.2. The fourth-order valence-electron chi connectivity index (χ4n) is 3.64. The van der Waals surface area contributed by atoms with Crippen molar-refractivity contribution in [2.24, 2.45) is 0 Å². The predicted octanol–water partition coefficient (Wildman–Crippen LogP) is 0.291. The maximum Gasteiger partial charge on any atom is 0.303 e. The summed E-state index contributed by atoms with van der Waals surface area (Å²) in [6, 6.07) is 0. The van der Waals surface area contributed by atoms with Crippen LogP contribution in [0.3, 0.4) is 0 Å². The molecule has 1 heterocycles. The summed E-state index contributed by atoms with van der Waals surface area (Å²) < 4.78 is 32.3. The summed E-state index contributed by atoms with van der Waals surface area (Å²) in [5.74, 6) is -3.46. The number of esters is 4. The van der Waals surface area contributed by atoms with Crippen molar-refractivity contribution < 1.29 is 57.5 Å². The highest BCUT2D eigenvalue weighted by Gasteiger charge is 2.55. The lowest BCUT2D eigenvalue weighted by Crippen LogP contribution is -2.64. The molecule has 0 unspecified atom stereocenters. The number of ketones is 1. The highest BCUT2D eigenvalue weighted by Crippen LogP contribution is 2.37. The zero-order valence-corrected chi connectivity index (χ0v) is 20.2. The summed E-state index contributed by atoms with van der Waals surface area (Å²) in [7, 11) is 0. The van der Waals surface area contributed by atoms with Crippen molar-refractivity contribution in [1.82, 2.24) is 0 Å². The van der Waals surface area contributed by atoms with Gasteiger partial charge in [0.25, 0.3) is 0 Å². The number of hydrogen-bond donors (Lipinski definition) is 1. The van der Waals surface area contributed by atoms with Crippen molar-refractivity contribution >= 4 is 45.6 Å². The molecular weight excluding hydrogens is 512 g/mol. The molecule has 0 radical (unpaired) electrons. The molecule has 0 spiro atoms. The summed E-state index contributed by atoms with van der Waals surface area (Å²) in [4.78, 5) is 58.9. The quantitative estimate of drug-likeness (QED) is 0.255. The summed E-state index contributed by atoms with van der Waals surface area (Å²) >= 11 is 3.15. The largest absolute Gasteiger partial charge is 0.463 e. The Morgan fingerprint density at radius 2 is 1.55 bits per heavy atom. The first-order valence-corrected chi connectivity index (χ1v) is 11.1. The van der Waals surface area contributed by atoms with Crippen LogP contribution in [0.15, 0.2) is 0 Å². The molecule has 0 amide bonds. The maximum atomic E-state index is 12.2. The van der Waals surface area contributed by atoms with Crippen LogP contribution in [0.25, 0.3) is 0 Å². The number of carbonyl (C=O) groups is 5. The first-order valence-electron chi connectivity index (χ1n) is 10.2. The second-order valence-corrected chi connectivity index (χ2v) is 8.55. The average Bonchev–Trinajstić information content (AvgIpc) is 3.03. The zero-order valence-electron chi connectivity index (χ0n) is 18.6. The van der Waals surface area contributed by atoms with Crippen LogP contribution in [0.1, 0.15) is 47.0 Å². The van der Waals surface area contributed by atoms with Gasteiger partial charge in [-0.1, -0.05) is 15.9 Å². The van der Waals surface area contributed by atoms with Gasteiger partial charge in [0, 0.05) is 34.1 Å².